The molecule has 2 N–H and O–H groups in total. The summed E-state index contributed by atoms with van der Waals surface area (Å²) in [7, 11) is 1.63. The molecule has 0 spiro atoms. The number of hydrogen-bond donors (Lipinski definition) is 2. The minimum absolute atomic E-state index is 0. The highest BCUT2D eigenvalue weighted by Crippen LogP contribution is 2.10. The average Bonchev–Trinajstić information content (AvgIpc) is 2.39. The number of nitrogens with zero attached hydrogens (tertiary/aromatic N) is 2. The molecule has 0 aliphatic carbocycles. The SMILES string of the molecule is CNC(=O)[n+]1cccc(N2CCNCC2)c1.Cl. The van der Waals surface area contributed by atoms with Crippen molar-refractivity contribution in [2.24, 2.45) is 0 Å². The zero-order valence-corrected chi connectivity index (χ0v) is 10.7. The molecule has 1 amide bonds. The van der Waals surface area contributed by atoms with Crippen molar-refractivity contribution in [1.82, 2.24) is 10.6 Å². The number of aromatic nitrogens is 1. The molecular weight excluding hydrogens is 240 g/mol. The summed E-state index contributed by atoms with van der Waals surface area (Å²) >= 11 is 0. The van der Waals surface area contributed by atoms with E-state index < -0.39 is 0 Å². The predicted octanol–water partition coefficient (Wildman–Crippen LogP) is -0.00700. The normalized spacial score (nSPS) is 15.0. The topological polar surface area (TPSA) is 48.3 Å². The lowest BCUT2D eigenvalue weighted by Crippen LogP contribution is -2.50. The van der Waals surface area contributed by atoms with Gasteiger partial charge in [0.2, 0.25) is 0 Å². The number of halogens is 1. The van der Waals surface area contributed by atoms with E-state index in [1.54, 1.807) is 17.8 Å². The molecule has 0 aromatic carbocycles. The van der Waals surface area contributed by atoms with Gasteiger partial charge in [-0.2, -0.15) is 9.36 Å². The van der Waals surface area contributed by atoms with Crippen LogP contribution in [-0.4, -0.2) is 39.3 Å². The van der Waals surface area contributed by atoms with Crippen LogP contribution in [-0.2, 0) is 0 Å². The van der Waals surface area contributed by atoms with Crippen LogP contribution < -0.4 is 20.1 Å². The predicted molar refractivity (Wildman–Crippen MR) is 68.8 cm³/mol. The van der Waals surface area contributed by atoms with Crippen LogP contribution in [0.15, 0.2) is 24.5 Å². The van der Waals surface area contributed by atoms with Crippen molar-refractivity contribution in [2.75, 3.05) is 38.1 Å². The number of amides is 1. The molecule has 5 nitrogen and oxygen atoms in total. The molecule has 1 aromatic heterocycles. The number of pyridine rings is 1. The summed E-state index contributed by atoms with van der Waals surface area (Å²) in [5.41, 5.74) is 1.09. The van der Waals surface area contributed by atoms with Crippen LogP contribution in [0.25, 0.3) is 0 Å². The molecule has 1 aliphatic rings. The van der Waals surface area contributed by atoms with Crippen LogP contribution >= 0.6 is 12.4 Å². The summed E-state index contributed by atoms with van der Waals surface area (Å²) in [5.74, 6) is 0. The summed E-state index contributed by atoms with van der Waals surface area (Å²) in [5, 5.41) is 5.91. The first-order chi connectivity index (χ1) is 7.81. The van der Waals surface area contributed by atoms with Crippen molar-refractivity contribution in [3.8, 4) is 0 Å². The average molecular weight is 258 g/mol. The zero-order chi connectivity index (χ0) is 11.4. The molecule has 0 saturated carbocycles. The van der Waals surface area contributed by atoms with Crippen LogP contribution in [0.2, 0.25) is 0 Å². The molecule has 17 heavy (non-hydrogen) atoms. The van der Waals surface area contributed by atoms with Gasteiger partial charge < -0.3 is 10.2 Å². The molecule has 2 heterocycles. The van der Waals surface area contributed by atoms with E-state index in [2.05, 4.69) is 15.5 Å². The molecule has 94 valence electrons. The van der Waals surface area contributed by atoms with Crippen LogP contribution in [0.4, 0.5) is 10.5 Å². The maximum absolute atomic E-state index is 11.5. The second-order valence-corrected chi connectivity index (χ2v) is 3.76. The van der Waals surface area contributed by atoms with Crippen molar-refractivity contribution in [2.45, 2.75) is 0 Å². The Morgan fingerprint density at radius 2 is 2.18 bits per heavy atom. The fourth-order valence-corrected chi connectivity index (χ4v) is 1.83. The van der Waals surface area contributed by atoms with Gasteiger partial charge in [-0.05, 0) is 12.1 Å². The number of carbonyl (C=O) groups is 1. The second-order valence-electron chi connectivity index (χ2n) is 3.76. The van der Waals surface area contributed by atoms with Crippen LogP contribution in [0.1, 0.15) is 0 Å². The van der Waals surface area contributed by atoms with E-state index in [0.29, 0.717) is 0 Å². The molecule has 1 fully saturated rings. The Bertz CT molecular complexity index is 379. The number of rotatable bonds is 1. The van der Waals surface area contributed by atoms with Gasteiger partial charge in [-0.15, -0.1) is 12.4 Å². The van der Waals surface area contributed by atoms with Gasteiger partial charge in [0.05, 0.1) is 18.9 Å². The number of hydrogen-bond acceptors (Lipinski definition) is 3. The minimum Gasteiger partial charge on any atom is -0.366 e. The quantitative estimate of drug-likeness (QED) is 0.696. The third kappa shape index (κ3) is 3.31. The molecule has 1 aliphatic heterocycles. The van der Waals surface area contributed by atoms with E-state index in [9.17, 15) is 4.79 Å². The van der Waals surface area contributed by atoms with Gasteiger partial charge in [-0.3, -0.25) is 0 Å². The fraction of sp³-hybridized carbons (Fsp3) is 0.455. The lowest BCUT2D eigenvalue weighted by molar-refractivity contribution is -0.571. The lowest BCUT2D eigenvalue weighted by atomic mass is 10.3. The van der Waals surface area contributed by atoms with Gasteiger partial charge in [0, 0.05) is 26.2 Å². The highest BCUT2D eigenvalue weighted by molar-refractivity contribution is 5.85. The van der Waals surface area contributed by atoms with Crippen LogP contribution in [0, 0.1) is 0 Å². The Morgan fingerprint density at radius 3 is 2.82 bits per heavy atom. The summed E-state index contributed by atoms with van der Waals surface area (Å²) in [6.07, 6.45) is 3.62. The molecule has 6 heteroatoms. The lowest BCUT2D eigenvalue weighted by Gasteiger charge is -2.28. The Kier molecular flexibility index (Phi) is 5.18. The Balaban J connectivity index is 0.00000144. The summed E-state index contributed by atoms with van der Waals surface area (Å²) < 4.78 is 1.57. The van der Waals surface area contributed by atoms with E-state index in [0.717, 1.165) is 31.9 Å². The van der Waals surface area contributed by atoms with E-state index in [1.165, 1.54) is 0 Å². The van der Waals surface area contributed by atoms with E-state index in [1.807, 2.05) is 18.3 Å². The Labute approximate surface area is 107 Å². The molecule has 1 aromatic rings. The first-order valence-corrected chi connectivity index (χ1v) is 5.50. The number of piperazine rings is 1. The number of anilines is 1. The summed E-state index contributed by atoms with van der Waals surface area (Å²) in [6.45, 7) is 3.96. The van der Waals surface area contributed by atoms with E-state index in [4.69, 9.17) is 0 Å². The smallest absolute Gasteiger partial charge is 0.366 e. The zero-order valence-electron chi connectivity index (χ0n) is 9.85. The van der Waals surface area contributed by atoms with Crippen molar-refractivity contribution < 1.29 is 9.36 Å². The summed E-state index contributed by atoms with van der Waals surface area (Å²) in [6, 6.07) is 3.81. The largest absolute Gasteiger partial charge is 0.495 e. The van der Waals surface area contributed by atoms with E-state index in [-0.39, 0.29) is 18.4 Å². The second kappa shape index (κ2) is 6.42. The molecule has 0 unspecified atom stereocenters. The van der Waals surface area contributed by atoms with Crippen molar-refractivity contribution in [1.29, 1.82) is 0 Å². The molecule has 0 radical (unpaired) electrons. The van der Waals surface area contributed by atoms with Gasteiger partial charge in [0.25, 0.3) is 0 Å². The molecule has 0 atom stereocenters. The molecule has 1 saturated heterocycles. The maximum Gasteiger partial charge on any atom is 0.495 e. The van der Waals surface area contributed by atoms with Crippen molar-refractivity contribution in [3.63, 3.8) is 0 Å². The van der Waals surface area contributed by atoms with Gasteiger partial charge in [0.1, 0.15) is 6.20 Å². The maximum atomic E-state index is 11.5. The number of nitrogens with one attached hydrogen (secondary N) is 2. The van der Waals surface area contributed by atoms with Crippen molar-refractivity contribution >= 4 is 24.1 Å². The van der Waals surface area contributed by atoms with Crippen LogP contribution in [0.5, 0.6) is 0 Å². The van der Waals surface area contributed by atoms with Gasteiger partial charge in [0.15, 0.2) is 0 Å². The summed E-state index contributed by atoms with van der Waals surface area (Å²) in [4.78, 5) is 13.7. The number of carbonyl (C=O) groups excluding carboxylic acids is 1. The Morgan fingerprint density at radius 1 is 1.47 bits per heavy atom. The van der Waals surface area contributed by atoms with Gasteiger partial charge >= 0.3 is 6.03 Å². The van der Waals surface area contributed by atoms with E-state index >= 15 is 0 Å². The van der Waals surface area contributed by atoms with Gasteiger partial charge in [-0.1, -0.05) is 0 Å². The third-order valence-electron chi connectivity index (χ3n) is 2.72. The molecule has 2 rings (SSSR count). The highest BCUT2D eigenvalue weighted by atomic mass is 35.5. The minimum atomic E-state index is -0.114. The fourth-order valence-electron chi connectivity index (χ4n) is 1.83. The highest BCUT2D eigenvalue weighted by Gasteiger charge is 2.14. The molecular formula is C11H18ClN4O+. The first-order valence-electron chi connectivity index (χ1n) is 5.50. The monoisotopic (exact) mass is 257 g/mol. The third-order valence-corrected chi connectivity index (χ3v) is 2.72. The standard InChI is InChI=1S/C11H16N4O.ClH/c1-12-11(16)15-6-2-3-10(9-15)14-7-4-13-5-8-14;/h2-3,6,9,13H,4-5,7-8H2,1H3;1H/p+1. The van der Waals surface area contributed by atoms with Crippen LogP contribution in [0.3, 0.4) is 0 Å². The Hall–Kier alpha value is -1.33. The van der Waals surface area contributed by atoms with Crippen molar-refractivity contribution in [3.05, 3.63) is 24.5 Å². The first kappa shape index (κ1) is 13.7. The van der Waals surface area contributed by atoms with Gasteiger partial charge in [-0.25, -0.2) is 5.32 Å². The molecule has 0 bridgehead atoms.